The van der Waals surface area contributed by atoms with Crippen LogP contribution in [0.1, 0.15) is 30.3 Å². The third-order valence-electron chi connectivity index (χ3n) is 5.72. The topological polar surface area (TPSA) is 70.1 Å². The lowest BCUT2D eigenvalue weighted by molar-refractivity contribution is -0.142. The molecule has 2 aromatic rings. The maximum Gasteiger partial charge on any atom is 0.251 e. The molecule has 2 saturated heterocycles. The lowest BCUT2D eigenvalue weighted by atomic mass is 10.2. The van der Waals surface area contributed by atoms with E-state index in [2.05, 4.69) is 36.2 Å². The highest BCUT2D eigenvalue weighted by atomic mass is 127. The maximum atomic E-state index is 12.6. The van der Waals surface area contributed by atoms with E-state index in [9.17, 15) is 4.79 Å². The van der Waals surface area contributed by atoms with Gasteiger partial charge in [0.25, 0.3) is 5.91 Å². The molecule has 0 bridgehead atoms. The molecule has 0 spiro atoms. The number of hydrogen-bond acceptors (Lipinski definition) is 5. The number of halogens is 1. The number of amides is 1. The van der Waals surface area contributed by atoms with E-state index in [-0.39, 0.29) is 36.0 Å². The van der Waals surface area contributed by atoms with Gasteiger partial charge >= 0.3 is 0 Å². The molecule has 4 rings (SSSR count). The highest BCUT2D eigenvalue weighted by molar-refractivity contribution is 14.0. The van der Waals surface area contributed by atoms with Crippen molar-refractivity contribution in [1.29, 1.82) is 0 Å². The van der Waals surface area contributed by atoms with Crippen molar-refractivity contribution in [3.8, 4) is 10.6 Å². The molecule has 1 aromatic carbocycles. The number of nitrogens with one attached hydrogen (secondary N) is 1. The van der Waals surface area contributed by atoms with Crippen molar-refractivity contribution in [2.75, 3.05) is 39.3 Å². The van der Waals surface area contributed by atoms with Crippen LogP contribution in [-0.2, 0) is 16.1 Å². The number of guanidine groups is 1. The van der Waals surface area contributed by atoms with Crippen LogP contribution in [0.3, 0.4) is 0 Å². The Morgan fingerprint density at radius 3 is 2.59 bits per heavy atom. The number of aromatic nitrogens is 1. The molecule has 1 aromatic heterocycles. The molecule has 2 aliphatic heterocycles. The monoisotopic (exact) mass is 569 g/mol. The summed E-state index contributed by atoms with van der Waals surface area (Å²) in [6.07, 6.45) is 1.60. The minimum Gasteiger partial charge on any atom is -0.368 e. The number of rotatable bonds is 5. The third-order valence-corrected chi connectivity index (χ3v) is 6.91. The molecule has 2 fully saturated rings. The molecule has 1 N–H and O–H groups in total. The fraction of sp³-hybridized carbons (Fsp3) is 0.522. The summed E-state index contributed by atoms with van der Waals surface area (Å²) in [7, 11) is 0. The van der Waals surface area contributed by atoms with Gasteiger partial charge in [0.05, 0.1) is 12.2 Å². The molecule has 7 nitrogen and oxygen atoms in total. The molecule has 174 valence electrons. The van der Waals surface area contributed by atoms with Gasteiger partial charge in [-0.05, 0) is 26.7 Å². The normalized spacial score (nSPS) is 19.1. The number of thiazole rings is 1. The number of aliphatic imine (C=N–C) groups is 1. The number of aryl methyl sites for hydroxylation is 1. The molecular formula is C23H32IN5O2S. The van der Waals surface area contributed by atoms with Crippen LogP contribution < -0.4 is 5.32 Å². The largest absolute Gasteiger partial charge is 0.368 e. The van der Waals surface area contributed by atoms with Crippen LogP contribution in [-0.4, -0.2) is 72.1 Å². The minimum atomic E-state index is -0.235. The number of carbonyl (C=O) groups excluding carboxylic acids is 1. The van der Waals surface area contributed by atoms with Gasteiger partial charge in [0, 0.05) is 49.8 Å². The first kappa shape index (κ1) is 24.9. The maximum absolute atomic E-state index is 12.6. The summed E-state index contributed by atoms with van der Waals surface area (Å²) in [4.78, 5) is 27.6. The van der Waals surface area contributed by atoms with Crippen molar-refractivity contribution in [3.05, 3.63) is 40.9 Å². The van der Waals surface area contributed by atoms with E-state index in [1.807, 2.05) is 23.1 Å². The molecule has 1 amide bonds. The summed E-state index contributed by atoms with van der Waals surface area (Å²) in [6, 6.07) is 10.3. The van der Waals surface area contributed by atoms with Crippen molar-refractivity contribution in [2.45, 2.75) is 39.3 Å². The predicted octanol–water partition coefficient (Wildman–Crippen LogP) is 3.53. The van der Waals surface area contributed by atoms with E-state index in [0.717, 1.165) is 54.7 Å². The van der Waals surface area contributed by atoms with E-state index in [0.29, 0.717) is 26.2 Å². The van der Waals surface area contributed by atoms with E-state index in [1.54, 1.807) is 11.3 Å². The number of nitrogens with zero attached hydrogens (tertiary/aromatic N) is 4. The quantitative estimate of drug-likeness (QED) is 0.339. The average Bonchev–Trinajstić information content (AvgIpc) is 3.47. The number of carbonyl (C=O) groups is 1. The average molecular weight is 570 g/mol. The molecule has 2 aliphatic rings. The van der Waals surface area contributed by atoms with Crippen molar-refractivity contribution in [1.82, 2.24) is 20.1 Å². The first-order valence-electron chi connectivity index (χ1n) is 11.1. The third kappa shape index (κ3) is 5.99. The van der Waals surface area contributed by atoms with Crippen LogP contribution in [0.4, 0.5) is 0 Å². The second-order valence-electron chi connectivity index (χ2n) is 7.88. The summed E-state index contributed by atoms with van der Waals surface area (Å²) in [5.74, 6) is 1.05. The molecule has 3 heterocycles. The standard InChI is InChI=1S/C23H31N5O2S.HI/c1-3-24-23(28-13-11-27(12-14-28)22(29)19-10-7-15-30-19)25-16-20-17(2)26-21(31-20)18-8-5-4-6-9-18;/h4-6,8-9,19H,3,7,10-16H2,1-2H3,(H,24,25);1H. The minimum absolute atomic E-state index is 0. The van der Waals surface area contributed by atoms with Gasteiger partial charge in [0.15, 0.2) is 5.96 Å². The molecule has 0 radical (unpaired) electrons. The van der Waals surface area contributed by atoms with Crippen molar-refractivity contribution in [3.63, 3.8) is 0 Å². The molecule has 32 heavy (non-hydrogen) atoms. The van der Waals surface area contributed by atoms with Gasteiger partial charge in [-0.25, -0.2) is 9.98 Å². The SMILES string of the molecule is CCNC(=NCc1sc(-c2ccccc2)nc1C)N1CCN(C(=O)C2CCCO2)CC1.I. The zero-order chi connectivity index (χ0) is 21.6. The van der Waals surface area contributed by atoms with Crippen molar-refractivity contribution >= 4 is 47.2 Å². The highest BCUT2D eigenvalue weighted by Gasteiger charge is 2.30. The van der Waals surface area contributed by atoms with E-state index in [4.69, 9.17) is 14.7 Å². The molecule has 0 aliphatic carbocycles. The van der Waals surface area contributed by atoms with Crippen LogP contribution in [0.2, 0.25) is 0 Å². The van der Waals surface area contributed by atoms with Gasteiger partial charge in [0.2, 0.25) is 0 Å². The summed E-state index contributed by atoms with van der Waals surface area (Å²) < 4.78 is 5.57. The van der Waals surface area contributed by atoms with Crippen molar-refractivity contribution in [2.24, 2.45) is 4.99 Å². The van der Waals surface area contributed by atoms with Gasteiger partial charge in [-0.1, -0.05) is 30.3 Å². The predicted molar refractivity (Wildman–Crippen MR) is 140 cm³/mol. The van der Waals surface area contributed by atoms with E-state index < -0.39 is 0 Å². The molecule has 0 saturated carbocycles. The molecular weight excluding hydrogens is 537 g/mol. The number of ether oxygens (including phenoxy) is 1. The van der Waals surface area contributed by atoms with Gasteiger partial charge < -0.3 is 19.9 Å². The van der Waals surface area contributed by atoms with Gasteiger partial charge in [-0.15, -0.1) is 35.3 Å². The van der Waals surface area contributed by atoms with Crippen LogP contribution >= 0.6 is 35.3 Å². The Kier molecular flexibility index (Phi) is 9.30. The zero-order valence-corrected chi connectivity index (χ0v) is 21.9. The highest BCUT2D eigenvalue weighted by Crippen LogP contribution is 2.28. The number of hydrogen-bond donors (Lipinski definition) is 1. The fourth-order valence-corrected chi connectivity index (χ4v) is 4.96. The van der Waals surface area contributed by atoms with E-state index >= 15 is 0 Å². The lowest BCUT2D eigenvalue weighted by Gasteiger charge is -2.37. The van der Waals surface area contributed by atoms with Crippen molar-refractivity contribution < 1.29 is 9.53 Å². The lowest BCUT2D eigenvalue weighted by Crippen LogP contribution is -2.55. The van der Waals surface area contributed by atoms with Crippen LogP contribution in [0.25, 0.3) is 10.6 Å². The number of benzene rings is 1. The molecule has 1 atom stereocenters. The number of piperazine rings is 1. The first-order chi connectivity index (χ1) is 15.2. The Morgan fingerprint density at radius 1 is 1.22 bits per heavy atom. The van der Waals surface area contributed by atoms with Crippen LogP contribution in [0.15, 0.2) is 35.3 Å². The van der Waals surface area contributed by atoms with Gasteiger partial charge in [-0.2, -0.15) is 0 Å². The first-order valence-corrected chi connectivity index (χ1v) is 11.9. The fourth-order valence-electron chi connectivity index (χ4n) is 3.97. The Labute approximate surface area is 211 Å². The smallest absolute Gasteiger partial charge is 0.251 e. The van der Waals surface area contributed by atoms with Gasteiger partial charge in [-0.3, -0.25) is 4.79 Å². The van der Waals surface area contributed by atoms with Crippen LogP contribution in [0.5, 0.6) is 0 Å². The Balaban J connectivity index is 0.00000289. The Morgan fingerprint density at radius 2 is 1.94 bits per heavy atom. The summed E-state index contributed by atoms with van der Waals surface area (Å²) in [5.41, 5.74) is 2.18. The molecule has 1 unspecified atom stereocenters. The van der Waals surface area contributed by atoms with E-state index in [1.165, 1.54) is 4.88 Å². The van der Waals surface area contributed by atoms with Gasteiger partial charge in [0.1, 0.15) is 11.1 Å². The Hall–Kier alpha value is -1.72. The second-order valence-corrected chi connectivity index (χ2v) is 8.96. The second kappa shape index (κ2) is 11.9. The Bertz CT molecular complexity index is 906. The zero-order valence-electron chi connectivity index (χ0n) is 18.7. The van der Waals surface area contributed by atoms with Crippen LogP contribution in [0, 0.1) is 6.92 Å². The molecule has 9 heteroatoms. The summed E-state index contributed by atoms with van der Waals surface area (Å²) in [5, 5.41) is 4.45. The summed E-state index contributed by atoms with van der Waals surface area (Å²) in [6.45, 7) is 9.23. The summed E-state index contributed by atoms with van der Waals surface area (Å²) >= 11 is 1.71.